The van der Waals surface area contributed by atoms with Crippen LogP contribution in [0.2, 0.25) is 0 Å². The number of carbonyl (C=O) groups excluding carboxylic acids is 1. The first-order valence-electron chi connectivity index (χ1n) is 10.1. The summed E-state index contributed by atoms with van der Waals surface area (Å²) in [4.78, 5) is 16.8. The van der Waals surface area contributed by atoms with E-state index in [-0.39, 0.29) is 23.7 Å². The van der Waals surface area contributed by atoms with Gasteiger partial charge in [-0.1, -0.05) is 30.3 Å². The Balaban J connectivity index is 1.49. The van der Waals surface area contributed by atoms with Crippen molar-refractivity contribution in [2.75, 3.05) is 26.2 Å². The van der Waals surface area contributed by atoms with Gasteiger partial charge in [0.05, 0.1) is 12.2 Å². The molecular formula is C22H30N4O2. The molecule has 0 radical (unpaired) electrons. The van der Waals surface area contributed by atoms with Gasteiger partial charge in [0, 0.05) is 45.0 Å². The number of hydrogen-bond acceptors (Lipinski definition) is 5. The van der Waals surface area contributed by atoms with Gasteiger partial charge in [0.15, 0.2) is 0 Å². The molecule has 2 heterocycles. The molecule has 2 saturated heterocycles. The maximum Gasteiger partial charge on any atom is 0.266 e. The van der Waals surface area contributed by atoms with Crippen LogP contribution >= 0.6 is 0 Å². The summed E-state index contributed by atoms with van der Waals surface area (Å²) in [6.07, 6.45) is 3.61. The lowest BCUT2D eigenvalue weighted by atomic mass is 10.0. The molecule has 0 spiro atoms. The molecule has 6 nitrogen and oxygen atoms in total. The molecule has 0 aliphatic carbocycles. The summed E-state index contributed by atoms with van der Waals surface area (Å²) >= 11 is 0. The van der Waals surface area contributed by atoms with Crippen LogP contribution in [0, 0.1) is 11.3 Å². The van der Waals surface area contributed by atoms with E-state index >= 15 is 0 Å². The van der Waals surface area contributed by atoms with Crippen molar-refractivity contribution in [3.8, 4) is 6.07 Å². The van der Waals surface area contributed by atoms with Crippen LogP contribution in [0.3, 0.4) is 0 Å². The average Bonchev–Trinajstić information content (AvgIpc) is 2.69. The van der Waals surface area contributed by atoms with Gasteiger partial charge < -0.3 is 15.0 Å². The summed E-state index contributed by atoms with van der Waals surface area (Å²) in [5, 5.41) is 12.8. The molecule has 1 aromatic carbocycles. The zero-order valence-corrected chi connectivity index (χ0v) is 16.8. The molecule has 0 saturated carbocycles. The minimum absolute atomic E-state index is 0.00505. The third kappa shape index (κ3) is 5.57. The molecule has 2 atom stereocenters. The van der Waals surface area contributed by atoms with E-state index in [1.165, 1.54) is 5.56 Å². The van der Waals surface area contributed by atoms with E-state index in [1.54, 1.807) is 11.1 Å². The van der Waals surface area contributed by atoms with Gasteiger partial charge in [-0.15, -0.1) is 0 Å². The van der Waals surface area contributed by atoms with Crippen molar-refractivity contribution in [3.63, 3.8) is 0 Å². The molecule has 1 amide bonds. The summed E-state index contributed by atoms with van der Waals surface area (Å²) in [7, 11) is 0. The van der Waals surface area contributed by atoms with Crippen molar-refractivity contribution in [2.24, 2.45) is 0 Å². The molecule has 150 valence electrons. The SMILES string of the molecule is CC1CN(C(=O)/C(C#N)=C\NC2CCN(Cc3ccccc3)CC2)CC(C)O1. The van der Waals surface area contributed by atoms with Crippen LogP contribution in [0.1, 0.15) is 32.3 Å². The predicted octanol–water partition coefficient (Wildman–Crippen LogP) is 2.28. The second-order valence-electron chi connectivity index (χ2n) is 7.84. The number of nitrogens with one attached hydrogen (secondary N) is 1. The van der Waals surface area contributed by atoms with Crippen LogP contribution in [0.25, 0.3) is 0 Å². The highest BCUT2D eigenvalue weighted by molar-refractivity contribution is 5.97. The fourth-order valence-corrected chi connectivity index (χ4v) is 3.96. The maximum atomic E-state index is 12.7. The van der Waals surface area contributed by atoms with Crippen LogP contribution in [0.5, 0.6) is 0 Å². The largest absolute Gasteiger partial charge is 0.387 e. The van der Waals surface area contributed by atoms with E-state index in [0.717, 1.165) is 32.5 Å². The highest BCUT2D eigenvalue weighted by Crippen LogP contribution is 2.16. The number of carbonyl (C=O) groups is 1. The number of benzene rings is 1. The summed E-state index contributed by atoms with van der Waals surface area (Å²) in [6.45, 7) is 7.95. The molecule has 2 aliphatic rings. The number of rotatable bonds is 5. The summed E-state index contributed by atoms with van der Waals surface area (Å²) in [5.41, 5.74) is 1.51. The van der Waals surface area contributed by atoms with Crippen molar-refractivity contribution in [3.05, 3.63) is 47.7 Å². The van der Waals surface area contributed by atoms with E-state index in [4.69, 9.17) is 4.74 Å². The number of likely N-dealkylation sites (tertiary alicyclic amines) is 1. The molecule has 28 heavy (non-hydrogen) atoms. The minimum Gasteiger partial charge on any atom is -0.387 e. The Kier molecular flexibility index (Phi) is 7.07. The topological polar surface area (TPSA) is 68.6 Å². The van der Waals surface area contributed by atoms with Gasteiger partial charge >= 0.3 is 0 Å². The fraction of sp³-hybridized carbons (Fsp3) is 0.545. The van der Waals surface area contributed by atoms with Crippen LogP contribution in [0.4, 0.5) is 0 Å². The first-order chi connectivity index (χ1) is 13.5. The first-order valence-corrected chi connectivity index (χ1v) is 10.1. The quantitative estimate of drug-likeness (QED) is 0.625. The van der Waals surface area contributed by atoms with Gasteiger partial charge in [0.1, 0.15) is 11.6 Å². The van der Waals surface area contributed by atoms with Gasteiger partial charge in [-0.2, -0.15) is 5.26 Å². The molecule has 2 fully saturated rings. The lowest BCUT2D eigenvalue weighted by Gasteiger charge is -2.35. The maximum absolute atomic E-state index is 12.7. The van der Waals surface area contributed by atoms with Crippen LogP contribution in [-0.2, 0) is 16.1 Å². The minimum atomic E-state index is -0.210. The van der Waals surface area contributed by atoms with E-state index < -0.39 is 0 Å². The van der Waals surface area contributed by atoms with E-state index in [9.17, 15) is 10.1 Å². The monoisotopic (exact) mass is 382 g/mol. The highest BCUT2D eigenvalue weighted by Gasteiger charge is 2.28. The molecule has 1 aromatic rings. The second-order valence-corrected chi connectivity index (χ2v) is 7.84. The van der Waals surface area contributed by atoms with Gasteiger partial charge in [-0.3, -0.25) is 9.69 Å². The lowest BCUT2D eigenvalue weighted by Crippen LogP contribution is -2.48. The smallest absolute Gasteiger partial charge is 0.266 e. The molecular weight excluding hydrogens is 352 g/mol. The Morgan fingerprint density at radius 2 is 1.86 bits per heavy atom. The summed E-state index contributed by atoms with van der Waals surface area (Å²) < 4.78 is 5.67. The van der Waals surface area contributed by atoms with Crippen molar-refractivity contribution >= 4 is 5.91 Å². The molecule has 1 N–H and O–H groups in total. The Morgan fingerprint density at radius 1 is 1.21 bits per heavy atom. The van der Waals surface area contributed by atoms with Crippen molar-refractivity contribution in [2.45, 2.75) is 51.5 Å². The number of hydrogen-bond donors (Lipinski definition) is 1. The van der Waals surface area contributed by atoms with Gasteiger partial charge in [0.2, 0.25) is 0 Å². The number of morpholine rings is 1. The van der Waals surface area contributed by atoms with Crippen LogP contribution in [0.15, 0.2) is 42.1 Å². The molecule has 0 aromatic heterocycles. The standard InChI is InChI=1S/C22H30N4O2/c1-17-14-26(15-18(2)28-17)22(27)20(12-23)13-24-21-8-10-25(11-9-21)16-19-6-4-3-5-7-19/h3-7,13,17-18,21,24H,8-11,14-16H2,1-2H3/b20-13-. The number of piperidine rings is 1. The highest BCUT2D eigenvalue weighted by atomic mass is 16.5. The van der Waals surface area contributed by atoms with Crippen LogP contribution in [-0.4, -0.2) is 60.1 Å². The Labute approximate surface area is 167 Å². The normalized spacial score (nSPS) is 24.6. The first kappa shape index (κ1) is 20.4. The van der Waals surface area contributed by atoms with E-state index in [2.05, 4.69) is 40.6 Å². The number of nitriles is 1. The molecule has 2 unspecified atom stereocenters. The predicted molar refractivity (Wildman–Crippen MR) is 108 cm³/mol. The Hall–Kier alpha value is -2.36. The zero-order chi connectivity index (χ0) is 19.9. The van der Waals surface area contributed by atoms with Gasteiger partial charge in [-0.05, 0) is 32.3 Å². The zero-order valence-electron chi connectivity index (χ0n) is 16.8. The van der Waals surface area contributed by atoms with Gasteiger partial charge in [-0.25, -0.2) is 0 Å². The third-order valence-corrected chi connectivity index (χ3v) is 5.36. The average molecular weight is 383 g/mol. The van der Waals surface area contributed by atoms with Crippen molar-refractivity contribution in [1.82, 2.24) is 15.1 Å². The number of amides is 1. The number of ether oxygens (including phenoxy) is 1. The summed E-state index contributed by atoms with van der Waals surface area (Å²) in [5.74, 6) is -0.210. The van der Waals surface area contributed by atoms with Crippen molar-refractivity contribution < 1.29 is 9.53 Å². The Morgan fingerprint density at radius 3 is 2.46 bits per heavy atom. The third-order valence-electron chi connectivity index (χ3n) is 5.36. The molecule has 0 bridgehead atoms. The summed E-state index contributed by atoms with van der Waals surface area (Å²) in [6, 6.07) is 12.9. The van der Waals surface area contributed by atoms with Crippen LogP contribution < -0.4 is 5.32 Å². The lowest BCUT2D eigenvalue weighted by molar-refractivity contribution is -0.138. The molecule has 6 heteroatoms. The van der Waals surface area contributed by atoms with Crippen molar-refractivity contribution in [1.29, 1.82) is 5.26 Å². The Bertz CT molecular complexity index is 710. The van der Waals surface area contributed by atoms with E-state index in [0.29, 0.717) is 19.1 Å². The fourth-order valence-electron chi connectivity index (χ4n) is 3.96. The second kappa shape index (κ2) is 9.72. The van der Waals surface area contributed by atoms with E-state index in [1.807, 2.05) is 19.9 Å². The van der Waals surface area contributed by atoms with Gasteiger partial charge in [0.25, 0.3) is 5.91 Å². The molecule has 3 rings (SSSR count). The number of nitrogens with zero attached hydrogens (tertiary/aromatic N) is 3. The molecule has 2 aliphatic heterocycles.